The van der Waals surface area contributed by atoms with Crippen molar-refractivity contribution in [2.45, 2.75) is 38.2 Å². The van der Waals surface area contributed by atoms with Gasteiger partial charge in [-0.2, -0.15) is 5.10 Å². The normalized spacial score (nSPS) is 25.8. The predicted molar refractivity (Wildman–Crippen MR) is 56.6 cm³/mol. The second-order valence-electron chi connectivity index (χ2n) is 4.44. The fraction of sp³-hybridized carbons (Fsp3) is 0.545. The van der Waals surface area contributed by atoms with E-state index in [0.717, 1.165) is 24.3 Å². The van der Waals surface area contributed by atoms with Crippen molar-refractivity contribution in [2.24, 2.45) is 0 Å². The Morgan fingerprint density at radius 1 is 1.56 bits per heavy atom. The summed E-state index contributed by atoms with van der Waals surface area (Å²) in [4.78, 5) is 0. The Kier molecular flexibility index (Phi) is 1.87. The molecule has 0 bridgehead atoms. The van der Waals surface area contributed by atoms with Gasteiger partial charge in [0, 0.05) is 18.5 Å². The van der Waals surface area contributed by atoms with Crippen molar-refractivity contribution >= 4 is 5.82 Å². The molecule has 0 radical (unpaired) electrons. The molecule has 2 heterocycles. The van der Waals surface area contributed by atoms with E-state index >= 15 is 0 Å². The van der Waals surface area contributed by atoms with Gasteiger partial charge >= 0.3 is 0 Å². The van der Waals surface area contributed by atoms with E-state index in [4.69, 9.17) is 0 Å². The van der Waals surface area contributed by atoms with Gasteiger partial charge in [-0.3, -0.25) is 0 Å². The lowest BCUT2D eigenvalue weighted by Gasteiger charge is -2.02. The summed E-state index contributed by atoms with van der Waals surface area (Å²) in [6.45, 7) is 2.60. The SMILES string of the molecule is Cc1c(C2CC2(F)F)nn2c1NC=CCC2. The van der Waals surface area contributed by atoms with Gasteiger partial charge < -0.3 is 5.32 Å². The topological polar surface area (TPSA) is 29.9 Å². The third-order valence-electron chi connectivity index (χ3n) is 3.23. The van der Waals surface area contributed by atoms with E-state index in [9.17, 15) is 8.78 Å². The minimum atomic E-state index is -2.54. The number of hydrogen-bond donors (Lipinski definition) is 1. The third kappa shape index (κ3) is 1.34. The van der Waals surface area contributed by atoms with Crippen LogP contribution in [0.15, 0.2) is 12.3 Å². The van der Waals surface area contributed by atoms with Crippen LogP contribution in [0.25, 0.3) is 0 Å². The molecule has 1 saturated carbocycles. The monoisotopic (exact) mass is 225 g/mol. The number of nitrogens with zero attached hydrogens (tertiary/aromatic N) is 2. The van der Waals surface area contributed by atoms with Gasteiger partial charge in [0.15, 0.2) is 0 Å². The van der Waals surface area contributed by atoms with E-state index in [1.165, 1.54) is 0 Å². The van der Waals surface area contributed by atoms with Gasteiger partial charge in [-0.15, -0.1) is 0 Å². The van der Waals surface area contributed by atoms with Gasteiger partial charge in [-0.1, -0.05) is 6.08 Å². The van der Waals surface area contributed by atoms with Crippen LogP contribution in [0.1, 0.15) is 30.0 Å². The zero-order chi connectivity index (χ0) is 11.3. The van der Waals surface area contributed by atoms with Crippen LogP contribution in [0.5, 0.6) is 0 Å². The summed E-state index contributed by atoms with van der Waals surface area (Å²) in [6.07, 6.45) is 4.68. The lowest BCUT2D eigenvalue weighted by atomic mass is 10.2. The lowest BCUT2D eigenvalue weighted by Crippen LogP contribution is -2.02. The molecule has 3 rings (SSSR count). The highest BCUT2D eigenvalue weighted by Gasteiger charge is 2.59. The highest BCUT2D eigenvalue weighted by Crippen LogP contribution is 2.56. The first-order chi connectivity index (χ1) is 7.59. The minimum absolute atomic E-state index is 0.0554. The summed E-state index contributed by atoms with van der Waals surface area (Å²) in [6, 6.07) is 0. The number of allylic oxidation sites excluding steroid dienone is 1. The Morgan fingerprint density at radius 2 is 2.31 bits per heavy atom. The largest absolute Gasteiger partial charge is 0.347 e. The molecule has 1 aromatic heterocycles. The van der Waals surface area contributed by atoms with Gasteiger partial charge in [-0.05, 0) is 19.5 Å². The van der Waals surface area contributed by atoms with E-state index in [0.29, 0.717) is 5.69 Å². The van der Waals surface area contributed by atoms with Crippen molar-refractivity contribution < 1.29 is 8.78 Å². The molecule has 1 aromatic rings. The molecular formula is C11H13F2N3. The Bertz CT molecular complexity index is 462. The second kappa shape index (κ2) is 3.06. The summed E-state index contributed by atoms with van der Waals surface area (Å²) in [5, 5.41) is 7.40. The number of halogens is 2. The number of rotatable bonds is 1. The molecule has 0 amide bonds. The molecule has 3 nitrogen and oxygen atoms in total. The van der Waals surface area contributed by atoms with Crippen molar-refractivity contribution in [1.29, 1.82) is 0 Å². The molecule has 0 saturated heterocycles. The number of aryl methyl sites for hydroxylation is 1. The quantitative estimate of drug-likeness (QED) is 0.796. The van der Waals surface area contributed by atoms with Gasteiger partial charge in [0.05, 0.1) is 11.6 Å². The molecular weight excluding hydrogens is 212 g/mol. The highest BCUT2D eigenvalue weighted by molar-refractivity contribution is 5.52. The van der Waals surface area contributed by atoms with Crippen LogP contribution >= 0.6 is 0 Å². The molecule has 0 aromatic carbocycles. The fourth-order valence-electron chi connectivity index (χ4n) is 2.17. The predicted octanol–water partition coefficient (Wildman–Crippen LogP) is 2.64. The van der Waals surface area contributed by atoms with Crippen molar-refractivity contribution in [3.8, 4) is 0 Å². The van der Waals surface area contributed by atoms with E-state index < -0.39 is 11.8 Å². The number of aromatic nitrogens is 2. The summed E-state index contributed by atoms with van der Waals surface area (Å²) in [5.41, 5.74) is 1.41. The highest BCUT2D eigenvalue weighted by atomic mass is 19.3. The molecule has 1 atom stereocenters. The average molecular weight is 225 g/mol. The molecule has 16 heavy (non-hydrogen) atoms. The van der Waals surface area contributed by atoms with Gasteiger partial charge in [0.25, 0.3) is 5.92 Å². The molecule has 1 fully saturated rings. The van der Waals surface area contributed by atoms with Crippen LogP contribution in [0, 0.1) is 6.92 Å². The Labute approximate surface area is 92.1 Å². The minimum Gasteiger partial charge on any atom is -0.347 e. The molecule has 1 aliphatic carbocycles. The molecule has 86 valence electrons. The van der Waals surface area contributed by atoms with Gasteiger partial charge in [0.1, 0.15) is 5.82 Å². The molecule has 2 aliphatic rings. The maximum absolute atomic E-state index is 13.0. The smallest absolute Gasteiger partial charge is 0.257 e. The van der Waals surface area contributed by atoms with E-state index in [-0.39, 0.29) is 6.42 Å². The number of anilines is 1. The van der Waals surface area contributed by atoms with Crippen LogP contribution in [0.3, 0.4) is 0 Å². The van der Waals surface area contributed by atoms with Crippen molar-refractivity contribution in [3.05, 3.63) is 23.5 Å². The zero-order valence-electron chi connectivity index (χ0n) is 9.00. The van der Waals surface area contributed by atoms with E-state index in [1.807, 2.05) is 19.2 Å². The van der Waals surface area contributed by atoms with Crippen molar-refractivity contribution in [2.75, 3.05) is 5.32 Å². The summed E-state index contributed by atoms with van der Waals surface area (Å²) < 4.78 is 27.8. The van der Waals surface area contributed by atoms with Crippen molar-refractivity contribution in [1.82, 2.24) is 9.78 Å². The molecule has 0 spiro atoms. The van der Waals surface area contributed by atoms with Gasteiger partial charge in [-0.25, -0.2) is 13.5 Å². The molecule has 1 aliphatic heterocycles. The zero-order valence-corrected chi connectivity index (χ0v) is 9.00. The van der Waals surface area contributed by atoms with Crippen LogP contribution in [-0.2, 0) is 6.54 Å². The molecule has 1 N–H and O–H groups in total. The standard InChI is InChI=1S/C11H13F2N3/c1-7-9(8-6-11(8,12)13)15-16-5-3-2-4-14-10(7)16/h2,4,8,14H,3,5-6H2,1H3. The lowest BCUT2D eigenvalue weighted by molar-refractivity contribution is 0.111. The number of fused-ring (bicyclic) bond motifs is 1. The fourth-order valence-corrected chi connectivity index (χ4v) is 2.17. The van der Waals surface area contributed by atoms with Crippen LogP contribution in [0.2, 0.25) is 0 Å². The molecule has 1 unspecified atom stereocenters. The Hall–Kier alpha value is -1.39. The Balaban J connectivity index is 2.00. The average Bonchev–Trinajstić information content (AvgIpc) is 2.83. The van der Waals surface area contributed by atoms with E-state index in [1.54, 1.807) is 4.68 Å². The molecule has 5 heteroatoms. The number of alkyl halides is 2. The summed E-state index contributed by atoms with van der Waals surface area (Å²) in [7, 11) is 0. The first-order valence-electron chi connectivity index (χ1n) is 5.46. The van der Waals surface area contributed by atoms with Crippen molar-refractivity contribution in [3.63, 3.8) is 0 Å². The number of hydrogen-bond acceptors (Lipinski definition) is 2. The van der Waals surface area contributed by atoms with E-state index in [2.05, 4.69) is 10.4 Å². The second-order valence-corrected chi connectivity index (χ2v) is 4.44. The van der Waals surface area contributed by atoms with Crippen LogP contribution < -0.4 is 5.32 Å². The maximum atomic E-state index is 13.0. The van der Waals surface area contributed by atoms with Crippen LogP contribution in [0.4, 0.5) is 14.6 Å². The van der Waals surface area contributed by atoms with Crippen LogP contribution in [-0.4, -0.2) is 15.7 Å². The summed E-state index contributed by atoms with van der Waals surface area (Å²) in [5.74, 6) is -2.36. The maximum Gasteiger partial charge on any atom is 0.257 e. The number of nitrogens with one attached hydrogen (secondary N) is 1. The summed E-state index contributed by atoms with van der Waals surface area (Å²) >= 11 is 0. The first kappa shape index (κ1) is 9.81. The first-order valence-corrected chi connectivity index (χ1v) is 5.46. The third-order valence-corrected chi connectivity index (χ3v) is 3.23. The Morgan fingerprint density at radius 3 is 3.00 bits per heavy atom. The van der Waals surface area contributed by atoms with Gasteiger partial charge in [0.2, 0.25) is 0 Å².